The fourth-order valence-corrected chi connectivity index (χ4v) is 3.02. The minimum atomic E-state index is -3.72. The van der Waals surface area contributed by atoms with E-state index in [2.05, 4.69) is 15.9 Å². The predicted octanol–water partition coefficient (Wildman–Crippen LogP) is 1.42. The van der Waals surface area contributed by atoms with E-state index in [1.54, 1.807) is 0 Å². The third kappa shape index (κ3) is 2.16. The highest BCUT2D eigenvalue weighted by molar-refractivity contribution is 9.10. The molecule has 0 saturated heterocycles. The number of hydrogen-bond acceptors (Lipinski definition) is 3. The van der Waals surface area contributed by atoms with Gasteiger partial charge in [-0.3, -0.25) is 0 Å². The first kappa shape index (κ1) is 10.9. The molecule has 0 saturated carbocycles. The number of rotatable bonds is 1. The highest BCUT2D eigenvalue weighted by atomic mass is 79.9. The topological polar surface area (TPSA) is 69.4 Å². The highest BCUT2D eigenvalue weighted by Crippen LogP contribution is 2.34. The van der Waals surface area contributed by atoms with Crippen molar-refractivity contribution in [3.05, 3.63) is 22.2 Å². The second kappa shape index (κ2) is 3.77. The zero-order valence-electron chi connectivity index (χ0n) is 7.86. The summed E-state index contributed by atoms with van der Waals surface area (Å²) in [6.45, 7) is 0.539. The Balaban J connectivity index is 2.68. The molecule has 0 aliphatic carbocycles. The van der Waals surface area contributed by atoms with E-state index in [1.807, 2.05) is 6.07 Å². The lowest BCUT2D eigenvalue weighted by Crippen LogP contribution is -2.17. The van der Waals surface area contributed by atoms with Gasteiger partial charge in [0.2, 0.25) is 10.0 Å². The molecule has 4 nitrogen and oxygen atoms in total. The summed E-state index contributed by atoms with van der Waals surface area (Å²) in [6.07, 6.45) is 1.71. The first-order valence-corrected chi connectivity index (χ1v) is 6.80. The molecule has 1 aromatic carbocycles. The minimum Gasteiger partial charge on any atom is -0.492 e. The Hall–Kier alpha value is -0.590. The quantitative estimate of drug-likeness (QED) is 0.851. The third-order valence-electron chi connectivity index (χ3n) is 2.24. The van der Waals surface area contributed by atoms with Gasteiger partial charge < -0.3 is 4.74 Å². The van der Waals surface area contributed by atoms with Gasteiger partial charge in [-0.05, 0) is 30.5 Å². The van der Waals surface area contributed by atoms with E-state index in [-0.39, 0.29) is 4.90 Å². The molecule has 1 aromatic rings. The van der Waals surface area contributed by atoms with Crippen molar-refractivity contribution in [2.75, 3.05) is 6.61 Å². The molecule has 2 N–H and O–H groups in total. The summed E-state index contributed by atoms with van der Waals surface area (Å²) < 4.78 is 28.7. The van der Waals surface area contributed by atoms with E-state index in [1.165, 1.54) is 6.07 Å². The van der Waals surface area contributed by atoms with E-state index in [0.717, 1.165) is 18.4 Å². The van der Waals surface area contributed by atoms with E-state index in [9.17, 15) is 8.42 Å². The van der Waals surface area contributed by atoms with E-state index in [4.69, 9.17) is 9.88 Å². The molecule has 6 heteroatoms. The fourth-order valence-electron chi connectivity index (χ4n) is 1.62. The van der Waals surface area contributed by atoms with Gasteiger partial charge in [-0.2, -0.15) is 0 Å². The second-order valence-electron chi connectivity index (χ2n) is 3.39. The number of sulfonamides is 1. The number of hydrogen-bond donors (Lipinski definition) is 1. The summed E-state index contributed by atoms with van der Waals surface area (Å²) in [6, 6.07) is 3.34. The van der Waals surface area contributed by atoms with Gasteiger partial charge in [0.05, 0.1) is 6.61 Å². The van der Waals surface area contributed by atoms with Gasteiger partial charge in [0.1, 0.15) is 10.6 Å². The summed E-state index contributed by atoms with van der Waals surface area (Å²) >= 11 is 3.26. The first-order chi connectivity index (χ1) is 6.98. The molecule has 0 atom stereocenters. The van der Waals surface area contributed by atoms with Crippen molar-refractivity contribution < 1.29 is 13.2 Å². The Morgan fingerprint density at radius 1 is 1.40 bits per heavy atom. The molecule has 0 amide bonds. The fraction of sp³-hybridized carbons (Fsp3) is 0.333. The monoisotopic (exact) mass is 291 g/mol. The summed E-state index contributed by atoms with van der Waals surface area (Å²) in [4.78, 5) is 0.0616. The molecule has 0 unspecified atom stereocenters. The van der Waals surface area contributed by atoms with Gasteiger partial charge in [-0.15, -0.1) is 0 Å². The van der Waals surface area contributed by atoms with Crippen LogP contribution < -0.4 is 9.88 Å². The Labute approximate surface area is 96.6 Å². The van der Waals surface area contributed by atoms with Crippen molar-refractivity contribution >= 4 is 26.0 Å². The number of nitrogens with two attached hydrogens (primary N) is 1. The molecule has 0 fully saturated rings. The molecular weight excluding hydrogens is 282 g/mol. The van der Waals surface area contributed by atoms with Crippen LogP contribution in [0.1, 0.15) is 12.0 Å². The molecule has 1 aliphatic rings. The van der Waals surface area contributed by atoms with Gasteiger partial charge in [-0.25, -0.2) is 13.6 Å². The van der Waals surface area contributed by atoms with Crippen molar-refractivity contribution in [3.8, 4) is 5.75 Å². The Morgan fingerprint density at radius 2 is 2.13 bits per heavy atom. The largest absolute Gasteiger partial charge is 0.492 e. The van der Waals surface area contributed by atoms with Crippen LogP contribution in [0.3, 0.4) is 0 Å². The molecular formula is C9H10BrNO3S. The van der Waals surface area contributed by atoms with Crippen molar-refractivity contribution in [2.24, 2.45) is 5.14 Å². The zero-order valence-corrected chi connectivity index (χ0v) is 10.3. The van der Waals surface area contributed by atoms with Gasteiger partial charge in [0.15, 0.2) is 0 Å². The van der Waals surface area contributed by atoms with E-state index in [0.29, 0.717) is 16.8 Å². The summed E-state index contributed by atoms with van der Waals surface area (Å²) in [5, 5.41) is 5.12. The van der Waals surface area contributed by atoms with Gasteiger partial charge in [-0.1, -0.05) is 15.9 Å². The minimum absolute atomic E-state index is 0.0616. The molecule has 0 radical (unpaired) electrons. The van der Waals surface area contributed by atoms with Gasteiger partial charge >= 0.3 is 0 Å². The molecule has 1 heterocycles. The average Bonchev–Trinajstić information content (AvgIpc) is 2.15. The molecule has 0 spiro atoms. The molecule has 0 aromatic heterocycles. The normalized spacial score (nSPS) is 15.6. The van der Waals surface area contributed by atoms with Crippen LogP contribution in [0.5, 0.6) is 5.75 Å². The van der Waals surface area contributed by atoms with Crippen LogP contribution in [0.2, 0.25) is 0 Å². The lowest BCUT2D eigenvalue weighted by atomic mass is 10.1. The van der Waals surface area contributed by atoms with Crippen LogP contribution in [-0.4, -0.2) is 15.0 Å². The van der Waals surface area contributed by atoms with E-state index < -0.39 is 10.0 Å². The number of ether oxygens (including phenoxy) is 1. The maximum absolute atomic E-state index is 11.3. The lowest BCUT2D eigenvalue weighted by molar-refractivity contribution is 0.280. The Morgan fingerprint density at radius 3 is 2.80 bits per heavy atom. The molecule has 0 bridgehead atoms. The van der Waals surface area contributed by atoms with Crippen LogP contribution in [0.4, 0.5) is 0 Å². The van der Waals surface area contributed by atoms with Crippen LogP contribution in [0.15, 0.2) is 21.5 Å². The van der Waals surface area contributed by atoms with Crippen molar-refractivity contribution in [3.63, 3.8) is 0 Å². The van der Waals surface area contributed by atoms with Crippen molar-refractivity contribution in [2.45, 2.75) is 17.7 Å². The summed E-state index contributed by atoms with van der Waals surface area (Å²) in [7, 11) is -3.72. The van der Waals surface area contributed by atoms with Crippen LogP contribution >= 0.6 is 15.9 Å². The smallest absolute Gasteiger partial charge is 0.241 e. The summed E-state index contributed by atoms with van der Waals surface area (Å²) in [5.74, 6) is 0.409. The molecule has 15 heavy (non-hydrogen) atoms. The van der Waals surface area contributed by atoms with E-state index >= 15 is 0 Å². The number of halogens is 1. The highest BCUT2D eigenvalue weighted by Gasteiger charge is 2.22. The SMILES string of the molecule is NS(=O)(=O)c1cc(Br)cc2c1OCCC2. The molecule has 2 rings (SSSR count). The standard InChI is InChI=1S/C9H10BrNO3S/c10-7-4-6-2-1-3-14-9(6)8(5-7)15(11,12)13/h4-5H,1-3H2,(H2,11,12,13). The summed E-state index contributed by atoms with van der Waals surface area (Å²) in [5.41, 5.74) is 0.889. The molecule has 82 valence electrons. The van der Waals surface area contributed by atoms with Crippen molar-refractivity contribution in [1.29, 1.82) is 0 Å². The second-order valence-corrected chi connectivity index (χ2v) is 5.83. The van der Waals surface area contributed by atoms with Crippen LogP contribution in [0.25, 0.3) is 0 Å². The van der Waals surface area contributed by atoms with Crippen LogP contribution in [0, 0.1) is 0 Å². The number of fused-ring (bicyclic) bond motifs is 1. The lowest BCUT2D eigenvalue weighted by Gasteiger charge is -2.19. The number of primary sulfonamides is 1. The maximum atomic E-state index is 11.3. The zero-order chi connectivity index (χ0) is 11.1. The average molecular weight is 292 g/mol. The predicted molar refractivity (Wildman–Crippen MR) is 59.3 cm³/mol. The van der Waals surface area contributed by atoms with Crippen LogP contribution in [-0.2, 0) is 16.4 Å². The Bertz CT molecular complexity index is 498. The molecule has 1 aliphatic heterocycles. The number of benzene rings is 1. The van der Waals surface area contributed by atoms with Gasteiger partial charge in [0, 0.05) is 4.47 Å². The Kier molecular flexibility index (Phi) is 2.74. The maximum Gasteiger partial charge on any atom is 0.241 e. The first-order valence-electron chi connectivity index (χ1n) is 4.46. The third-order valence-corrected chi connectivity index (χ3v) is 3.61. The number of aryl methyl sites for hydroxylation is 1. The van der Waals surface area contributed by atoms with Crippen molar-refractivity contribution in [1.82, 2.24) is 0 Å². The van der Waals surface area contributed by atoms with Gasteiger partial charge in [0.25, 0.3) is 0 Å².